The molecule has 1 aliphatic rings. The van der Waals surface area contributed by atoms with Crippen molar-refractivity contribution in [3.8, 4) is 5.75 Å². The summed E-state index contributed by atoms with van der Waals surface area (Å²) < 4.78 is 14.1. The number of rotatable bonds is 7. The Morgan fingerprint density at radius 1 is 1.12 bits per heavy atom. The second-order valence-corrected chi connectivity index (χ2v) is 11.9. The lowest BCUT2D eigenvalue weighted by molar-refractivity contribution is -0.136. The first kappa shape index (κ1) is 28.6. The van der Waals surface area contributed by atoms with E-state index >= 15 is 0 Å². The lowest BCUT2D eigenvalue weighted by Crippen LogP contribution is -2.40. The summed E-state index contributed by atoms with van der Waals surface area (Å²) in [5.74, 6) is 0.207. The van der Waals surface area contributed by atoms with Gasteiger partial charge >= 0.3 is 5.97 Å². The van der Waals surface area contributed by atoms with E-state index in [4.69, 9.17) is 37.7 Å². The van der Waals surface area contributed by atoms with E-state index < -0.39 is 12.0 Å². The van der Waals surface area contributed by atoms with Crippen LogP contribution in [-0.2, 0) is 16.1 Å². The van der Waals surface area contributed by atoms with E-state index in [1.807, 2.05) is 67.6 Å². The molecule has 1 aromatic heterocycles. The lowest BCUT2D eigenvalue weighted by atomic mass is 9.95. The van der Waals surface area contributed by atoms with Crippen molar-refractivity contribution in [2.24, 2.45) is 4.99 Å². The number of thiazole rings is 1. The first-order chi connectivity index (χ1) is 19.3. The van der Waals surface area contributed by atoms with E-state index in [2.05, 4.69) is 22.6 Å². The molecule has 2 heterocycles. The summed E-state index contributed by atoms with van der Waals surface area (Å²) in [5.41, 5.74) is 3.26. The molecule has 204 valence electrons. The number of nitrogens with zero attached hydrogens (tertiary/aromatic N) is 2. The van der Waals surface area contributed by atoms with Crippen molar-refractivity contribution < 1.29 is 14.3 Å². The fraction of sp³-hybridized carbons (Fsp3) is 0.167. The minimum atomic E-state index is -0.627. The molecule has 10 heteroatoms. The fourth-order valence-corrected chi connectivity index (χ4v) is 6.66. The van der Waals surface area contributed by atoms with E-state index in [0.29, 0.717) is 49.4 Å². The first-order valence-electron chi connectivity index (χ1n) is 12.3. The molecule has 0 spiro atoms. The van der Waals surface area contributed by atoms with E-state index in [1.54, 1.807) is 16.7 Å². The standard InChI is InChI=1S/C30H23Cl2IN2O4S/c1-3-23-26(29(37)38-2)27(18-7-5-4-6-8-18)35-28(36)25(40-30(35)34-23)14-17-9-12-24(22(33)13-17)39-16-19-10-11-20(31)15-21(19)32/h4-15,27H,3,16H2,1-2H3/b25-14-/t27-/m0/s1. The highest BCUT2D eigenvalue weighted by Gasteiger charge is 2.33. The average molecular weight is 705 g/mol. The van der Waals surface area contributed by atoms with Gasteiger partial charge in [-0.1, -0.05) is 83.9 Å². The van der Waals surface area contributed by atoms with Crippen LogP contribution >= 0.6 is 57.1 Å². The quantitative estimate of drug-likeness (QED) is 0.168. The third kappa shape index (κ3) is 5.76. The predicted molar refractivity (Wildman–Crippen MR) is 167 cm³/mol. The zero-order valence-electron chi connectivity index (χ0n) is 21.5. The summed E-state index contributed by atoms with van der Waals surface area (Å²) in [7, 11) is 1.34. The molecule has 0 saturated carbocycles. The van der Waals surface area contributed by atoms with Crippen LogP contribution in [0.15, 0.2) is 87.8 Å². The van der Waals surface area contributed by atoms with Crippen LogP contribution in [0, 0.1) is 3.57 Å². The van der Waals surface area contributed by atoms with Gasteiger partial charge in [0.15, 0.2) is 4.80 Å². The molecule has 0 unspecified atom stereocenters. The van der Waals surface area contributed by atoms with Crippen molar-refractivity contribution in [3.05, 3.63) is 128 Å². The van der Waals surface area contributed by atoms with E-state index in [9.17, 15) is 9.59 Å². The molecule has 0 saturated heterocycles. The molecule has 0 amide bonds. The third-order valence-corrected chi connectivity index (χ3v) is 8.83. The van der Waals surface area contributed by atoms with Crippen LogP contribution < -0.4 is 19.6 Å². The highest BCUT2D eigenvalue weighted by Crippen LogP contribution is 2.32. The topological polar surface area (TPSA) is 69.9 Å². The number of carbonyl (C=O) groups excluding carboxylic acids is 1. The van der Waals surface area contributed by atoms with Gasteiger partial charge in [-0.15, -0.1) is 0 Å². The molecule has 0 fully saturated rings. The number of benzene rings is 3. The number of aromatic nitrogens is 1. The molecule has 0 aliphatic carbocycles. The summed E-state index contributed by atoms with van der Waals surface area (Å²) in [5, 5.41) is 1.12. The van der Waals surface area contributed by atoms with E-state index in [0.717, 1.165) is 20.3 Å². The van der Waals surface area contributed by atoms with Crippen LogP contribution in [0.4, 0.5) is 0 Å². The second kappa shape index (κ2) is 12.3. The molecule has 6 nitrogen and oxygen atoms in total. The highest BCUT2D eigenvalue weighted by atomic mass is 127. The zero-order valence-corrected chi connectivity index (χ0v) is 26.0. The summed E-state index contributed by atoms with van der Waals surface area (Å²) in [4.78, 5) is 31.9. The Balaban J connectivity index is 1.52. The molecule has 0 radical (unpaired) electrons. The number of fused-ring (bicyclic) bond motifs is 1. The number of allylic oxidation sites excluding steroid dienone is 1. The van der Waals surface area contributed by atoms with Gasteiger partial charge in [-0.25, -0.2) is 9.79 Å². The molecule has 1 atom stereocenters. The Morgan fingerprint density at radius 2 is 1.90 bits per heavy atom. The van der Waals surface area contributed by atoms with Gasteiger partial charge in [0.05, 0.1) is 32.5 Å². The number of esters is 1. The molecular formula is C30H23Cl2IN2O4S. The zero-order chi connectivity index (χ0) is 28.4. The van der Waals surface area contributed by atoms with Crippen LogP contribution in [-0.4, -0.2) is 17.6 Å². The number of methoxy groups -OCH3 is 1. The van der Waals surface area contributed by atoms with Crippen LogP contribution in [0.2, 0.25) is 10.0 Å². The monoisotopic (exact) mass is 704 g/mol. The minimum Gasteiger partial charge on any atom is -0.488 e. The molecule has 4 aromatic rings. The Kier molecular flexibility index (Phi) is 8.80. The van der Waals surface area contributed by atoms with E-state index in [-0.39, 0.29) is 5.56 Å². The number of carbonyl (C=O) groups is 1. The number of ether oxygens (including phenoxy) is 2. The fourth-order valence-electron chi connectivity index (χ4n) is 4.48. The normalized spacial score (nSPS) is 15.0. The second-order valence-electron chi connectivity index (χ2n) is 8.91. The molecule has 0 bridgehead atoms. The largest absolute Gasteiger partial charge is 0.488 e. The maximum atomic E-state index is 13.8. The molecule has 0 N–H and O–H groups in total. The molecule has 40 heavy (non-hydrogen) atoms. The highest BCUT2D eigenvalue weighted by molar-refractivity contribution is 14.1. The van der Waals surface area contributed by atoms with Crippen molar-refractivity contribution in [2.45, 2.75) is 26.0 Å². The van der Waals surface area contributed by atoms with Crippen molar-refractivity contribution in [1.82, 2.24) is 4.57 Å². The van der Waals surface area contributed by atoms with Gasteiger partial charge < -0.3 is 9.47 Å². The van der Waals surface area contributed by atoms with Crippen molar-refractivity contribution in [1.29, 1.82) is 0 Å². The maximum absolute atomic E-state index is 13.8. The number of halogens is 3. The predicted octanol–water partition coefficient (Wildman–Crippen LogP) is 6.29. The van der Waals surface area contributed by atoms with Gasteiger partial charge in [0.25, 0.3) is 5.56 Å². The van der Waals surface area contributed by atoms with Gasteiger partial charge in [0.1, 0.15) is 12.4 Å². The maximum Gasteiger partial charge on any atom is 0.338 e. The number of hydrogen-bond donors (Lipinski definition) is 0. The van der Waals surface area contributed by atoms with Gasteiger partial charge in [-0.2, -0.15) is 0 Å². The first-order valence-corrected chi connectivity index (χ1v) is 15.0. The van der Waals surface area contributed by atoms with Crippen LogP contribution in [0.5, 0.6) is 5.75 Å². The Morgan fingerprint density at radius 3 is 2.58 bits per heavy atom. The summed E-state index contributed by atoms with van der Waals surface area (Å²) in [6.07, 6.45) is 2.36. The lowest BCUT2D eigenvalue weighted by Gasteiger charge is -2.25. The van der Waals surface area contributed by atoms with Crippen molar-refractivity contribution in [3.63, 3.8) is 0 Å². The Hall–Kier alpha value is -2.92. The van der Waals surface area contributed by atoms with Gasteiger partial charge in [-0.05, 0) is 70.5 Å². The van der Waals surface area contributed by atoms with Gasteiger partial charge in [-0.3, -0.25) is 9.36 Å². The van der Waals surface area contributed by atoms with E-state index in [1.165, 1.54) is 18.4 Å². The van der Waals surface area contributed by atoms with Gasteiger partial charge in [0.2, 0.25) is 0 Å². The third-order valence-electron chi connectivity index (χ3n) is 6.42. The van der Waals surface area contributed by atoms with Crippen molar-refractivity contribution in [2.75, 3.05) is 7.11 Å². The van der Waals surface area contributed by atoms with Crippen LogP contribution in [0.3, 0.4) is 0 Å². The molecular weight excluding hydrogens is 682 g/mol. The Labute approximate surface area is 258 Å². The smallest absolute Gasteiger partial charge is 0.338 e. The molecule has 5 rings (SSSR count). The SMILES string of the molecule is CCC1=C(C(=O)OC)[C@H](c2ccccc2)n2c(s/c(=C\c3ccc(OCc4ccc(Cl)cc4Cl)c(I)c3)c2=O)=N1. The summed E-state index contributed by atoms with van der Waals surface area (Å²) in [6.45, 7) is 2.23. The molecule has 1 aliphatic heterocycles. The summed E-state index contributed by atoms with van der Waals surface area (Å²) >= 11 is 15.8. The van der Waals surface area contributed by atoms with Crippen molar-refractivity contribution >= 4 is 69.2 Å². The molecule has 3 aromatic carbocycles. The Bertz CT molecular complexity index is 1820. The summed E-state index contributed by atoms with van der Waals surface area (Å²) in [6, 6.07) is 19.9. The minimum absolute atomic E-state index is 0.220. The average Bonchev–Trinajstić information content (AvgIpc) is 3.26. The van der Waals surface area contributed by atoms with Crippen LogP contribution in [0.25, 0.3) is 6.08 Å². The van der Waals surface area contributed by atoms with Crippen LogP contribution in [0.1, 0.15) is 36.1 Å². The van der Waals surface area contributed by atoms with Gasteiger partial charge in [0, 0.05) is 15.6 Å². The number of hydrogen-bond acceptors (Lipinski definition) is 6.